The highest BCUT2D eigenvalue weighted by Gasteiger charge is 2.16. The van der Waals surface area contributed by atoms with Gasteiger partial charge in [-0.3, -0.25) is 19.3 Å². The Kier molecular flexibility index (Phi) is 6.90. The Morgan fingerprint density at radius 1 is 1.11 bits per heavy atom. The lowest BCUT2D eigenvalue weighted by Crippen LogP contribution is -2.28. The maximum Gasteiger partial charge on any atom is 0.269 e. The number of rotatable bonds is 9. The van der Waals surface area contributed by atoms with Gasteiger partial charge in [-0.2, -0.15) is 10.2 Å². The molecule has 3 heterocycles. The Morgan fingerprint density at radius 2 is 1.97 bits per heavy atom. The van der Waals surface area contributed by atoms with E-state index in [1.807, 2.05) is 31.2 Å². The SMILES string of the molecule is COc1ccc(OC)c(-c2cc(C(=O)NCCn3ncc4c(=O)n(Cc5cccc(C)c5)cnc43)[nH]n2)c1. The first-order chi connectivity index (χ1) is 18.5. The number of aryl methyl sites for hydroxylation is 1. The number of H-pyrrole nitrogens is 1. The summed E-state index contributed by atoms with van der Waals surface area (Å²) in [5.41, 5.74) is 4.01. The highest BCUT2D eigenvalue weighted by Crippen LogP contribution is 2.32. The molecule has 0 aliphatic rings. The van der Waals surface area contributed by atoms with Crippen LogP contribution >= 0.6 is 0 Å². The number of fused-ring (bicyclic) bond motifs is 1. The summed E-state index contributed by atoms with van der Waals surface area (Å²) in [4.78, 5) is 30.2. The number of hydrogen-bond donors (Lipinski definition) is 2. The van der Waals surface area contributed by atoms with E-state index in [4.69, 9.17) is 9.47 Å². The average Bonchev–Trinajstić information content (AvgIpc) is 3.58. The third-order valence-corrected chi connectivity index (χ3v) is 6.17. The van der Waals surface area contributed by atoms with Crippen molar-refractivity contribution >= 4 is 16.9 Å². The Bertz CT molecular complexity index is 1670. The molecule has 3 aromatic heterocycles. The number of hydrogen-bond acceptors (Lipinski definition) is 7. The van der Waals surface area contributed by atoms with Gasteiger partial charge in [-0.15, -0.1) is 0 Å². The molecule has 2 aromatic carbocycles. The molecule has 0 unspecified atom stereocenters. The van der Waals surface area contributed by atoms with Gasteiger partial charge in [0.15, 0.2) is 5.65 Å². The van der Waals surface area contributed by atoms with Crippen LogP contribution in [0.4, 0.5) is 0 Å². The summed E-state index contributed by atoms with van der Waals surface area (Å²) in [6.45, 7) is 3.06. The molecule has 2 N–H and O–H groups in total. The number of nitrogens with one attached hydrogen (secondary N) is 2. The number of amides is 1. The van der Waals surface area contributed by atoms with Crippen molar-refractivity contribution in [1.82, 2.24) is 34.8 Å². The molecule has 0 atom stereocenters. The van der Waals surface area contributed by atoms with Crippen molar-refractivity contribution in [3.05, 3.63) is 88.2 Å². The molecule has 38 heavy (non-hydrogen) atoms. The fourth-order valence-electron chi connectivity index (χ4n) is 4.24. The lowest BCUT2D eigenvalue weighted by molar-refractivity contribution is 0.0947. The van der Waals surface area contributed by atoms with Gasteiger partial charge in [0.05, 0.1) is 39.2 Å². The Labute approximate surface area is 218 Å². The van der Waals surface area contributed by atoms with Crippen molar-refractivity contribution in [2.75, 3.05) is 20.8 Å². The summed E-state index contributed by atoms with van der Waals surface area (Å²) in [5.74, 6) is 0.938. The maximum atomic E-state index is 13.0. The van der Waals surface area contributed by atoms with E-state index in [2.05, 4.69) is 25.6 Å². The summed E-state index contributed by atoms with van der Waals surface area (Å²) in [6.07, 6.45) is 3.05. The Morgan fingerprint density at radius 3 is 2.76 bits per heavy atom. The van der Waals surface area contributed by atoms with Gasteiger partial charge in [-0.1, -0.05) is 29.8 Å². The van der Waals surface area contributed by atoms with Crippen molar-refractivity contribution in [1.29, 1.82) is 0 Å². The van der Waals surface area contributed by atoms with E-state index < -0.39 is 0 Å². The minimum Gasteiger partial charge on any atom is -0.497 e. The van der Waals surface area contributed by atoms with Gasteiger partial charge >= 0.3 is 0 Å². The van der Waals surface area contributed by atoms with Crippen LogP contribution in [0, 0.1) is 6.92 Å². The van der Waals surface area contributed by atoms with Crippen LogP contribution in [0.5, 0.6) is 11.5 Å². The summed E-state index contributed by atoms with van der Waals surface area (Å²) >= 11 is 0. The van der Waals surface area contributed by atoms with E-state index in [-0.39, 0.29) is 18.0 Å². The zero-order valence-corrected chi connectivity index (χ0v) is 21.3. The molecule has 0 radical (unpaired) electrons. The summed E-state index contributed by atoms with van der Waals surface area (Å²) in [6, 6.07) is 15.0. The molecule has 0 aliphatic carbocycles. The van der Waals surface area contributed by atoms with Gasteiger partial charge in [0.2, 0.25) is 0 Å². The fraction of sp³-hybridized carbons (Fsp3) is 0.222. The first kappa shape index (κ1) is 24.8. The molecule has 0 bridgehead atoms. The van der Waals surface area contributed by atoms with Crippen LogP contribution in [0.1, 0.15) is 21.6 Å². The van der Waals surface area contributed by atoms with Gasteiger partial charge < -0.3 is 14.8 Å². The van der Waals surface area contributed by atoms with E-state index >= 15 is 0 Å². The number of methoxy groups -OCH3 is 2. The van der Waals surface area contributed by atoms with Crippen LogP contribution in [0.25, 0.3) is 22.3 Å². The van der Waals surface area contributed by atoms with Gasteiger partial charge in [-0.05, 0) is 36.8 Å². The smallest absolute Gasteiger partial charge is 0.269 e. The minimum absolute atomic E-state index is 0.162. The third kappa shape index (κ3) is 4.99. The zero-order chi connectivity index (χ0) is 26.6. The van der Waals surface area contributed by atoms with E-state index in [9.17, 15) is 9.59 Å². The standard InChI is InChI=1S/C27H27N7O4/c1-17-5-4-6-18(11-17)15-33-16-29-25-21(27(33)36)14-30-34(25)10-9-28-26(35)23-13-22(31-32-23)20-12-19(37-2)7-8-24(20)38-3/h4-8,11-14,16H,9-10,15H2,1-3H3,(H,28,35)(H,31,32). The molecule has 0 saturated heterocycles. The molecular weight excluding hydrogens is 486 g/mol. The fourth-order valence-corrected chi connectivity index (χ4v) is 4.24. The Balaban J connectivity index is 1.25. The topological polar surface area (TPSA) is 129 Å². The largest absolute Gasteiger partial charge is 0.497 e. The molecule has 0 aliphatic heterocycles. The van der Waals surface area contributed by atoms with E-state index in [1.165, 1.54) is 12.5 Å². The second kappa shape index (κ2) is 10.6. The second-order valence-corrected chi connectivity index (χ2v) is 8.76. The number of carbonyl (C=O) groups is 1. The van der Waals surface area contributed by atoms with Crippen LogP contribution in [-0.2, 0) is 13.1 Å². The average molecular weight is 514 g/mol. The number of nitrogens with zero attached hydrogens (tertiary/aromatic N) is 5. The highest BCUT2D eigenvalue weighted by molar-refractivity contribution is 5.93. The first-order valence-electron chi connectivity index (χ1n) is 12.0. The zero-order valence-electron chi connectivity index (χ0n) is 21.3. The predicted octanol–water partition coefficient (Wildman–Crippen LogP) is 2.79. The predicted molar refractivity (Wildman–Crippen MR) is 142 cm³/mol. The molecular formula is C27H27N7O4. The van der Waals surface area contributed by atoms with Gasteiger partial charge in [-0.25, -0.2) is 9.67 Å². The van der Waals surface area contributed by atoms with Crippen LogP contribution in [0.3, 0.4) is 0 Å². The lowest BCUT2D eigenvalue weighted by atomic mass is 10.1. The normalized spacial score (nSPS) is 11.0. The molecule has 194 valence electrons. The molecule has 5 aromatic rings. The van der Waals surface area contributed by atoms with E-state index in [0.29, 0.717) is 52.6 Å². The van der Waals surface area contributed by atoms with Gasteiger partial charge in [0, 0.05) is 12.1 Å². The molecule has 1 amide bonds. The Hall–Kier alpha value is -4.93. The lowest BCUT2D eigenvalue weighted by Gasteiger charge is -2.08. The molecule has 0 saturated carbocycles. The van der Waals surface area contributed by atoms with E-state index in [0.717, 1.165) is 11.1 Å². The quantitative estimate of drug-likeness (QED) is 0.310. The summed E-state index contributed by atoms with van der Waals surface area (Å²) in [5, 5.41) is 14.6. The molecule has 5 rings (SSSR count). The second-order valence-electron chi connectivity index (χ2n) is 8.76. The number of aromatic nitrogens is 6. The highest BCUT2D eigenvalue weighted by atomic mass is 16.5. The maximum absolute atomic E-state index is 13.0. The summed E-state index contributed by atoms with van der Waals surface area (Å²) in [7, 11) is 3.15. The van der Waals surface area contributed by atoms with Gasteiger partial charge in [0.1, 0.15) is 28.9 Å². The van der Waals surface area contributed by atoms with Crippen LogP contribution in [-0.4, -0.2) is 56.2 Å². The van der Waals surface area contributed by atoms with Crippen molar-refractivity contribution in [2.45, 2.75) is 20.0 Å². The molecule has 0 spiro atoms. The van der Waals surface area contributed by atoms with Crippen molar-refractivity contribution < 1.29 is 14.3 Å². The van der Waals surface area contributed by atoms with Crippen molar-refractivity contribution in [3.63, 3.8) is 0 Å². The molecule has 11 heteroatoms. The van der Waals surface area contributed by atoms with Crippen molar-refractivity contribution in [3.8, 4) is 22.8 Å². The third-order valence-electron chi connectivity index (χ3n) is 6.17. The van der Waals surface area contributed by atoms with Crippen molar-refractivity contribution in [2.24, 2.45) is 0 Å². The van der Waals surface area contributed by atoms with Gasteiger partial charge in [0.25, 0.3) is 11.5 Å². The number of carbonyl (C=O) groups excluding carboxylic acids is 1. The van der Waals surface area contributed by atoms with Crippen LogP contribution < -0.4 is 20.3 Å². The minimum atomic E-state index is -0.324. The summed E-state index contributed by atoms with van der Waals surface area (Å²) < 4.78 is 13.9. The molecule has 0 fully saturated rings. The monoisotopic (exact) mass is 513 g/mol. The number of aromatic amines is 1. The molecule has 11 nitrogen and oxygen atoms in total. The van der Waals surface area contributed by atoms with Crippen LogP contribution in [0.15, 0.2) is 65.8 Å². The van der Waals surface area contributed by atoms with Crippen LogP contribution in [0.2, 0.25) is 0 Å². The first-order valence-corrected chi connectivity index (χ1v) is 12.0. The van der Waals surface area contributed by atoms with E-state index in [1.54, 1.807) is 47.7 Å². The number of ether oxygens (including phenoxy) is 2. The number of benzene rings is 2.